The van der Waals surface area contributed by atoms with Gasteiger partial charge in [-0.25, -0.2) is 9.97 Å². The van der Waals surface area contributed by atoms with Crippen molar-refractivity contribution >= 4 is 17.7 Å². The summed E-state index contributed by atoms with van der Waals surface area (Å²) in [6.45, 7) is 6.30. The number of rotatable bonds is 7. The lowest BCUT2D eigenvalue weighted by Crippen LogP contribution is -2.34. The van der Waals surface area contributed by atoms with Crippen molar-refractivity contribution in [3.8, 4) is 0 Å². The van der Waals surface area contributed by atoms with Crippen LogP contribution in [-0.4, -0.2) is 57.6 Å². The zero-order valence-electron chi connectivity index (χ0n) is 15.3. The smallest absolute Gasteiger partial charge is 0.289 e. The highest BCUT2D eigenvalue weighted by Gasteiger charge is 2.22. The molecule has 1 amide bonds. The molecule has 1 saturated heterocycles. The Morgan fingerprint density at radius 3 is 2.81 bits per heavy atom. The average molecular weight is 375 g/mol. The largest absolute Gasteiger partial charge is 0.459 e. The van der Waals surface area contributed by atoms with Gasteiger partial charge in [0.1, 0.15) is 0 Å². The number of aromatic nitrogens is 2. The summed E-state index contributed by atoms with van der Waals surface area (Å²) >= 11 is 1.72. The first-order chi connectivity index (χ1) is 12.8. The fraction of sp³-hybridized carbons (Fsp3) is 0.526. The molecule has 3 rings (SSSR count). The highest BCUT2D eigenvalue weighted by atomic mass is 32.2. The van der Waals surface area contributed by atoms with Gasteiger partial charge in [0.2, 0.25) is 0 Å². The van der Waals surface area contributed by atoms with E-state index in [4.69, 9.17) is 4.42 Å². The Morgan fingerprint density at radius 2 is 2.08 bits per heavy atom. The molecule has 3 heterocycles. The maximum absolute atomic E-state index is 12.4. The van der Waals surface area contributed by atoms with Crippen LogP contribution in [0.15, 0.2) is 40.4 Å². The minimum Gasteiger partial charge on any atom is -0.459 e. The van der Waals surface area contributed by atoms with Crippen LogP contribution in [0, 0.1) is 0 Å². The molecule has 0 N–H and O–H groups in total. The number of furan rings is 1. The number of carbonyl (C=O) groups excluding carboxylic acids is 1. The van der Waals surface area contributed by atoms with E-state index in [-0.39, 0.29) is 5.91 Å². The van der Waals surface area contributed by atoms with Crippen LogP contribution in [0.2, 0.25) is 0 Å². The van der Waals surface area contributed by atoms with Crippen molar-refractivity contribution in [3.63, 3.8) is 0 Å². The molecule has 26 heavy (non-hydrogen) atoms. The van der Waals surface area contributed by atoms with Crippen molar-refractivity contribution in [1.29, 1.82) is 0 Å². The van der Waals surface area contributed by atoms with Gasteiger partial charge in [-0.05, 0) is 25.0 Å². The molecule has 140 valence electrons. The van der Waals surface area contributed by atoms with E-state index >= 15 is 0 Å². The Balaban J connectivity index is 1.49. The minimum absolute atomic E-state index is 0.0198. The number of carbonyl (C=O) groups is 1. The van der Waals surface area contributed by atoms with E-state index in [1.807, 2.05) is 17.3 Å². The van der Waals surface area contributed by atoms with Crippen molar-refractivity contribution in [1.82, 2.24) is 19.8 Å². The second-order valence-electron chi connectivity index (χ2n) is 6.48. The fourth-order valence-electron chi connectivity index (χ4n) is 2.95. The van der Waals surface area contributed by atoms with Crippen LogP contribution >= 0.6 is 11.8 Å². The number of thioether (sulfide) groups is 1. The van der Waals surface area contributed by atoms with Crippen molar-refractivity contribution in [2.75, 3.05) is 31.9 Å². The van der Waals surface area contributed by atoms with Crippen LogP contribution in [0.4, 0.5) is 0 Å². The van der Waals surface area contributed by atoms with Gasteiger partial charge in [-0.2, -0.15) is 0 Å². The SMILES string of the molecule is CCCCSc1ncc(CN2CCCN(C(=O)c3ccco3)CC2)cn1. The van der Waals surface area contributed by atoms with E-state index in [9.17, 15) is 4.79 Å². The summed E-state index contributed by atoms with van der Waals surface area (Å²) in [4.78, 5) is 25.6. The van der Waals surface area contributed by atoms with E-state index in [0.717, 1.165) is 49.1 Å². The molecule has 0 aliphatic carbocycles. The zero-order valence-corrected chi connectivity index (χ0v) is 16.1. The van der Waals surface area contributed by atoms with E-state index in [1.54, 1.807) is 30.2 Å². The summed E-state index contributed by atoms with van der Waals surface area (Å²) in [7, 11) is 0. The van der Waals surface area contributed by atoms with Gasteiger partial charge in [-0.15, -0.1) is 0 Å². The third-order valence-corrected chi connectivity index (χ3v) is 5.39. The predicted molar refractivity (Wildman–Crippen MR) is 102 cm³/mol. The lowest BCUT2D eigenvalue weighted by molar-refractivity contribution is 0.0729. The summed E-state index contributed by atoms with van der Waals surface area (Å²) in [6.07, 6.45) is 8.74. The molecule has 0 spiro atoms. The van der Waals surface area contributed by atoms with Gasteiger partial charge < -0.3 is 9.32 Å². The first-order valence-electron chi connectivity index (χ1n) is 9.25. The topological polar surface area (TPSA) is 62.5 Å². The van der Waals surface area contributed by atoms with Crippen LogP contribution in [0.25, 0.3) is 0 Å². The van der Waals surface area contributed by atoms with Crippen molar-refractivity contribution in [3.05, 3.63) is 42.1 Å². The van der Waals surface area contributed by atoms with E-state index < -0.39 is 0 Å². The molecular weight excluding hydrogens is 348 g/mol. The lowest BCUT2D eigenvalue weighted by Gasteiger charge is -2.21. The molecule has 0 atom stereocenters. The van der Waals surface area contributed by atoms with Gasteiger partial charge in [-0.1, -0.05) is 25.1 Å². The first-order valence-corrected chi connectivity index (χ1v) is 10.2. The monoisotopic (exact) mass is 374 g/mol. The predicted octanol–water partition coefficient (Wildman–Crippen LogP) is 3.31. The van der Waals surface area contributed by atoms with Crippen molar-refractivity contribution in [2.45, 2.75) is 37.9 Å². The van der Waals surface area contributed by atoms with Crippen LogP contribution in [-0.2, 0) is 6.54 Å². The summed E-state index contributed by atoms with van der Waals surface area (Å²) in [5.41, 5.74) is 1.12. The molecule has 0 saturated carbocycles. The Labute approximate surface area is 159 Å². The molecule has 2 aromatic rings. The third kappa shape index (κ3) is 5.32. The molecule has 2 aromatic heterocycles. The molecule has 6 nitrogen and oxygen atoms in total. The molecule has 1 fully saturated rings. The second-order valence-corrected chi connectivity index (χ2v) is 7.54. The maximum Gasteiger partial charge on any atom is 0.289 e. The first kappa shape index (κ1) is 18.9. The molecule has 0 radical (unpaired) electrons. The van der Waals surface area contributed by atoms with Gasteiger partial charge in [-0.3, -0.25) is 9.69 Å². The van der Waals surface area contributed by atoms with Crippen LogP contribution in [0.5, 0.6) is 0 Å². The third-order valence-electron chi connectivity index (χ3n) is 4.42. The summed E-state index contributed by atoms with van der Waals surface area (Å²) in [5.74, 6) is 1.47. The van der Waals surface area contributed by atoms with Gasteiger partial charge in [0.15, 0.2) is 10.9 Å². The number of amides is 1. The van der Waals surface area contributed by atoms with Gasteiger partial charge >= 0.3 is 0 Å². The van der Waals surface area contributed by atoms with Crippen LogP contribution in [0.3, 0.4) is 0 Å². The lowest BCUT2D eigenvalue weighted by atomic mass is 10.3. The Morgan fingerprint density at radius 1 is 1.23 bits per heavy atom. The second kappa shape index (κ2) is 9.73. The quantitative estimate of drug-likeness (QED) is 0.421. The van der Waals surface area contributed by atoms with Gasteiger partial charge in [0.05, 0.1) is 6.26 Å². The number of hydrogen-bond donors (Lipinski definition) is 0. The normalized spacial score (nSPS) is 15.8. The van der Waals surface area contributed by atoms with E-state index in [2.05, 4.69) is 21.8 Å². The summed E-state index contributed by atoms with van der Waals surface area (Å²) < 4.78 is 5.23. The fourth-order valence-corrected chi connectivity index (χ4v) is 3.82. The van der Waals surface area contributed by atoms with Gasteiger partial charge in [0.25, 0.3) is 5.91 Å². The zero-order chi connectivity index (χ0) is 18.2. The molecule has 0 bridgehead atoms. The highest BCUT2D eigenvalue weighted by molar-refractivity contribution is 7.99. The van der Waals surface area contributed by atoms with Crippen molar-refractivity contribution < 1.29 is 9.21 Å². The van der Waals surface area contributed by atoms with Crippen molar-refractivity contribution in [2.24, 2.45) is 0 Å². The Bertz CT molecular complexity index is 675. The maximum atomic E-state index is 12.4. The summed E-state index contributed by atoms with van der Waals surface area (Å²) in [6, 6.07) is 3.48. The number of hydrogen-bond acceptors (Lipinski definition) is 6. The minimum atomic E-state index is -0.0198. The van der Waals surface area contributed by atoms with Crippen LogP contribution in [0.1, 0.15) is 42.3 Å². The molecule has 0 aromatic carbocycles. The molecule has 1 aliphatic heterocycles. The van der Waals surface area contributed by atoms with Crippen LogP contribution < -0.4 is 0 Å². The molecule has 0 unspecified atom stereocenters. The Kier molecular flexibility index (Phi) is 7.08. The summed E-state index contributed by atoms with van der Waals surface area (Å²) in [5, 5.41) is 0.855. The standard InChI is InChI=1S/C19H26N4O2S/c1-2-3-12-26-19-20-13-16(14-21-19)15-22-7-5-8-23(10-9-22)18(24)17-6-4-11-25-17/h4,6,11,13-14H,2-3,5,7-10,12,15H2,1H3. The molecule has 7 heteroatoms. The van der Waals surface area contributed by atoms with E-state index in [0.29, 0.717) is 12.3 Å². The number of nitrogens with zero attached hydrogens (tertiary/aromatic N) is 4. The molecule has 1 aliphatic rings. The van der Waals surface area contributed by atoms with Gasteiger partial charge in [0, 0.05) is 56.4 Å². The Hall–Kier alpha value is -1.86. The highest BCUT2D eigenvalue weighted by Crippen LogP contribution is 2.15. The number of unbranched alkanes of at least 4 members (excludes halogenated alkanes) is 1. The molecular formula is C19H26N4O2S. The van der Waals surface area contributed by atoms with E-state index in [1.165, 1.54) is 12.8 Å². The average Bonchev–Trinajstić information content (AvgIpc) is 3.10.